The van der Waals surface area contributed by atoms with Gasteiger partial charge >= 0.3 is 10.2 Å². The molecule has 0 saturated carbocycles. The Labute approximate surface area is 83.5 Å². The first-order valence-electron chi connectivity index (χ1n) is 4.18. The Morgan fingerprint density at radius 3 is 2.64 bits per heavy atom. The quantitative estimate of drug-likeness (QED) is 0.768. The maximum atomic E-state index is 11.6. The Balaban J connectivity index is 2.77. The van der Waals surface area contributed by atoms with Gasteiger partial charge in [0, 0.05) is 25.5 Å². The molecule has 14 heavy (non-hydrogen) atoms. The minimum absolute atomic E-state index is 0.0949. The molecule has 0 atom stereocenters. The van der Waals surface area contributed by atoms with Gasteiger partial charge in [0.1, 0.15) is 0 Å². The number of H-pyrrole nitrogens is 1. The molecule has 0 aliphatic heterocycles. The summed E-state index contributed by atoms with van der Waals surface area (Å²) in [4.78, 5) is 6.43. The lowest BCUT2D eigenvalue weighted by molar-refractivity contribution is 0.414. The number of nitrogens with one attached hydrogen (secondary N) is 2. The highest BCUT2D eigenvalue weighted by Crippen LogP contribution is 2.06. The van der Waals surface area contributed by atoms with Gasteiger partial charge in [-0.1, -0.05) is 0 Å². The van der Waals surface area contributed by atoms with Crippen LogP contribution in [0.25, 0.3) is 0 Å². The van der Waals surface area contributed by atoms with E-state index in [1.165, 1.54) is 17.5 Å². The van der Waals surface area contributed by atoms with Crippen molar-refractivity contribution in [3.63, 3.8) is 0 Å². The molecule has 1 rings (SSSR count). The van der Waals surface area contributed by atoms with E-state index in [2.05, 4.69) is 14.7 Å². The predicted octanol–water partition coefficient (Wildman–Crippen LogP) is 0.407. The van der Waals surface area contributed by atoms with Crippen molar-refractivity contribution in [3.8, 4) is 0 Å². The SMILES string of the molecule is CC(C)N(C)S(=O)(=O)Nc1ncc[nH]1. The fraction of sp³-hybridized carbons (Fsp3) is 0.571. The third-order valence-corrected chi connectivity index (χ3v) is 3.46. The number of hydrogen-bond donors (Lipinski definition) is 2. The first kappa shape index (κ1) is 11.0. The highest BCUT2D eigenvalue weighted by molar-refractivity contribution is 7.90. The normalized spacial score (nSPS) is 12.4. The Morgan fingerprint density at radius 2 is 2.21 bits per heavy atom. The molecule has 0 fully saturated rings. The van der Waals surface area contributed by atoms with Gasteiger partial charge in [-0.25, -0.2) is 9.71 Å². The molecule has 80 valence electrons. The number of aromatic amines is 1. The van der Waals surface area contributed by atoms with Crippen molar-refractivity contribution in [2.24, 2.45) is 0 Å². The molecule has 0 amide bonds. The topological polar surface area (TPSA) is 78.1 Å². The Bertz CT molecular complexity index is 370. The molecule has 0 saturated heterocycles. The van der Waals surface area contributed by atoms with Crippen LogP contribution in [-0.4, -0.2) is 35.8 Å². The average Bonchev–Trinajstić information content (AvgIpc) is 2.54. The highest BCUT2D eigenvalue weighted by Gasteiger charge is 2.20. The second-order valence-corrected chi connectivity index (χ2v) is 4.89. The second-order valence-electron chi connectivity index (χ2n) is 3.15. The summed E-state index contributed by atoms with van der Waals surface area (Å²) in [6.45, 7) is 3.59. The van der Waals surface area contributed by atoms with Crippen LogP contribution in [0, 0.1) is 0 Å². The molecule has 1 aromatic heterocycles. The molecule has 0 radical (unpaired) electrons. The van der Waals surface area contributed by atoms with Crippen LogP contribution < -0.4 is 4.72 Å². The lowest BCUT2D eigenvalue weighted by Crippen LogP contribution is -2.37. The summed E-state index contributed by atoms with van der Waals surface area (Å²) in [6.07, 6.45) is 3.03. The van der Waals surface area contributed by atoms with Crippen LogP contribution in [-0.2, 0) is 10.2 Å². The zero-order valence-corrected chi connectivity index (χ0v) is 9.17. The van der Waals surface area contributed by atoms with Gasteiger partial charge in [0.15, 0.2) is 0 Å². The van der Waals surface area contributed by atoms with Gasteiger partial charge in [-0.2, -0.15) is 12.7 Å². The van der Waals surface area contributed by atoms with Gasteiger partial charge in [-0.05, 0) is 13.8 Å². The van der Waals surface area contributed by atoms with Crippen molar-refractivity contribution in [1.29, 1.82) is 0 Å². The first-order chi connectivity index (χ1) is 6.43. The van der Waals surface area contributed by atoms with E-state index in [9.17, 15) is 8.42 Å². The van der Waals surface area contributed by atoms with E-state index in [1.807, 2.05) is 0 Å². The summed E-state index contributed by atoms with van der Waals surface area (Å²) in [7, 11) is -1.98. The summed E-state index contributed by atoms with van der Waals surface area (Å²) in [5.74, 6) is 0.220. The number of anilines is 1. The van der Waals surface area contributed by atoms with Gasteiger partial charge < -0.3 is 4.98 Å². The van der Waals surface area contributed by atoms with Gasteiger partial charge in [0.25, 0.3) is 0 Å². The molecule has 0 unspecified atom stereocenters. The maximum absolute atomic E-state index is 11.6. The third kappa shape index (κ3) is 2.46. The van der Waals surface area contributed by atoms with Crippen LogP contribution >= 0.6 is 0 Å². The number of nitrogens with zero attached hydrogens (tertiary/aromatic N) is 2. The van der Waals surface area contributed by atoms with Crippen molar-refractivity contribution < 1.29 is 8.42 Å². The lowest BCUT2D eigenvalue weighted by atomic mass is 10.4. The molecule has 1 aromatic rings. The fourth-order valence-electron chi connectivity index (χ4n) is 0.793. The Morgan fingerprint density at radius 1 is 1.57 bits per heavy atom. The van der Waals surface area contributed by atoms with E-state index in [-0.39, 0.29) is 12.0 Å². The summed E-state index contributed by atoms with van der Waals surface area (Å²) in [5.41, 5.74) is 0. The average molecular weight is 218 g/mol. The van der Waals surface area contributed by atoms with E-state index >= 15 is 0 Å². The molecule has 7 heteroatoms. The molecule has 0 aromatic carbocycles. The monoisotopic (exact) mass is 218 g/mol. The smallest absolute Gasteiger partial charge is 0.303 e. The van der Waals surface area contributed by atoms with E-state index in [1.54, 1.807) is 20.0 Å². The first-order valence-corrected chi connectivity index (χ1v) is 5.62. The van der Waals surface area contributed by atoms with Crippen LogP contribution in [0.5, 0.6) is 0 Å². The van der Waals surface area contributed by atoms with E-state index in [0.717, 1.165) is 0 Å². The molecule has 0 aliphatic rings. The number of imidazole rings is 1. The summed E-state index contributed by atoms with van der Waals surface area (Å²) in [5, 5.41) is 0. The van der Waals surface area contributed by atoms with Crippen molar-refractivity contribution in [2.75, 3.05) is 11.8 Å². The standard InChI is InChI=1S/C7H14N4O2S/c1-6(2)11(3)14(12,13)10-7-8-4-5-9-7/h4-6H,1-3H3,(H2,8,9,10). The third-order valence-electron chi connectivity index (χ3n) is 1.83. The van der Waals surface area contributed by atoms with E-state index < -0.39 is 10.2 Å². The van der Waals surface area contributed by atoms with Gasteiger partial charge in [-0.3, -0.25) is 0 Å². The minimum Gasteiger partial charge on any atom is -0.330 e. The van der Waals surface area contributed by atoms with Gasteiger partial charge in [-0.15, -0.1) is 0 Å². The minimum atomic E-state index is -3.49. The number of hydrogen-bond acceptors (Lipinski definition) is 3. The van der Waals surface area contributed by atoms with Crippen molar-refractivity contribution in [1.82, 2.24) is 14.3 Å². The molecule has 1 heterocycles. The van der Waals surface area contributed by atoms with Crippen LogP contribution in [0.2, 0.25) is 0 Å². The number of rotatable bonds is 4. The van der Waals surface area contributed by atoms with E-state index in [0.29, 0.717) is 0 Å². The van der Waals surface area contributed by atoms with Gasteiger partial charge in [0.05, 0.1) is 0 Å². The Kier molecular flexibility index (Phi) is 3.12. The van der Waals surface area contributed by atoms with Crippen LogP contribution in [0.4, 0.5) is 5.95 Å². The molecule has 0 aliphatic carbocycles. The highest BCUT2D eigenvalue weighted by atomic mass is 32.2. The summed E-state index contributed by atoms with van der Waals surface area (Å²) < 4.78 is 26.7. The van der Waals surface area contributed by atoms with Crippen LogP contribution in [0.1, 0.15) is 13.8 Å². The molecule has 0 bridgehead atoms. The lowest BCUT2D eigenvalue weighted by Gasteiger charge is -2.20. The molecule has 6 nitrogen and oxygen atoms in total. The van der Waals surface area contributed by atoms with Crippen molar-refractivity contribution >= 4 is 16.2 Å². The van der Waals surface area contributed by atoms with Gasteiger partial charge in [0.2, 0.25) is 5.95 Å². The van der Waals surface area contributed by atoms with Crippen LogP contribution in [0.3, 0.4) is 0 Å². The summed E-state index contributed by atoms with van der Waals surface area (Å²) in [6, 6.07) is -0.0949. The zero-order valence-electron chi connectivity index (χ0n) is 8.35. The molecule has 2 N–H and O–H groups in total. The maximum Gasteiger partial charge on any atom is 0.303 e. The number of aromatic nitrogens is 2. The fourth-order valence-corrected chi connectivity index (χ4v) is 1.85. The molecule has 0 spiro atoms. The van der Waals surface area contributed by atoms with E-state index in [4.69, 9.17) is 0 Å². The largest absolute Gasteiger partial charge is 0.330 e. The predicted molar refractivity (Wildman–Crippen MR) is 54.0 cm³/mol. The zero-order chi connectivity index (χ0) is 10.8. The van der Waals surface area contributed by atoms with Crippen molar-refractivity contribution in [3.05, 3.63) is 12.4 Å². The Hall–Kier alpha value is -1.08. The molecular weight excluding hydrogens is 204 g/mol. The second kappa shape index (κ2) is 3.97. The molecular formula is C7H14N4O2S. The summed E-state index contributed by atoms with van der Waals surface area (Å²) >= 11 is 0. The van der Waals surface area contributed by atoms with Crippen molar-refractivity contribution in [2.45, 2.75) is 19.9 Å². The van der Waals surface area contributed by atoms with Crippen LogP contribution in [0.15, 0.2) is 12.4 Å².